The lowest BCUT2D eigenvalue weighted by atomic mass is 9.96. The Hall–Kier alpha value is -0.150. The second kappa shape index (κ2) is 9.69. The van der Waals surface area contributed by atoms with Gasteiger partial charge in [0.15, 0.2) is 5.96 Å². The van der Waals surface area contributed by atoms with Crippen LogP contribution in [0.25, 0.3) is 0 Å². The molecule has 0 radical (unpaired) electrons. The molecular weight excluding hydrogens is 513 g/mol. The van der Waals surface area contributed by atoms with Gasteiger partial charge in [-0.25, -0.2) is 0 Å². The van der Waals surface area contributed by atoms with E-state index in [9.17, 15) is 4.21 Å². The van der Waals surface area contributed by atoms with E-state index in [4.69, 9.17) is 0 Å². The van der Waals surface area contributed by atoms with Gasteiger partial charge < -0.3 is 10.6 Å². The number of nitrogens with zero attached hydrogens (tertiary/aromatic N) is 1. The largest absolute Gasteiger partial charge is 0.356 e. The minimum Gasteiger partial charge on any atom is -0.356 e. The molecule has 2 N–H and O–H groups in total. The molecule has 4 nitrogen and oxygen atoms in total. The van der Waals surface area contributed by atoms with Crippen molar-refractivity contribution in [3.8, 4) is 0 Å². The summed E-state index contributed by atoms with van der Waals surface area (Å²) in [6, 6.07) is 8.44. The van der Waals surface area contributed by atoms with Crippen LogP contribution < -0.4 is 10.6 Å². The fourth-order valence-corrected chi connectivity index (χ4v) is 4.23. The van der Waals surface area contributed by atoms with E-state index in [0.717, 1.165) is 12.5 Å². The molecule has 0 saturated heterocycles. The van der Waals surface area contributed by atoms with E-state index in [2.05, 4.69) is 49.8 Å². The van der Waals surface area contributed by atoms with Crippen molar-refractivity contribution >= 4 is 56.7 Å². The summed E-state index contributed by atoms with van der Waals surface area (Å²) in [6.07, 6.45) is 2.38. The second-order valence-electron chi connectivity index (χ2n) is 7.27. The van der Waals surface area contributed by atoms with Crippen molar-refractivity contribution in [3.63, 3.8) is 0 Å². The summed E-state index contributed by atoms with van der Waals surface area (Å²) >= 11 is 3.67. The van der Waals surface area contributed by atoms with Gasteiger partial charge in [0.05, 0.1) is 0 Å². The standard InChI is InChI=1S/C18H28BrN3OS.HI/c1-17(2,3)24(23)12-11-21-16(20-4)22-13-18(9-10-18)14-7-5-6-8-15(14)19;/h5-8H,9-13H2,1-4H3,(H2,20,21,22);1H. The number of hydrogen-bond acceptors (Lipinski definition) is 2. The highest BCUT2D eigenvalue weighted by atomic mass is 127. The predicted octanol–water partition coefficient (Wildman–Crippen LogP) is 3.81. The van der Waals surface area contributed by atoms with Gasteiger partial charge in [-0.2, -0.15) is 0 Å². The summed E-state index contributed by atoms with van der Waals surface area (Å²) in [5, 5.41) is 6.70. The van der Waals surface area contributed by atoms with Crippen molar-refractivity contribution < 1.29 is 4.21 Å². The van der Waals surface area contributed by atoms with Crippen LogP contribution in [0.1, 0.15) is 39.2 Å². The van der Waals surface area contributed by atoms with Crippen LogP contribution >= 0.6 is 39.9 Å². The Morgan fingerprint density at radius 3 is 2.44 bits per heavy atom. The average Bonchev–Trinajstić information content (AvgIpc) is 3.31. The molecule has 0 spiro atoms. The molecule has 0 amide bonds. The van der Waals surface area contributed by atoms with Gasteiger partial charge in [0.1, 0.15) is 0 Å². The van der Waals surface area contributed by atoms with Crippen molar-refractivity contribution in [1.82, 2.24) is 10.6 Å². The maximum absolute atomic E-state index is 12.1. The summed E-state index contributed by atoms with van der Waals surface area (Å²) in [4.78, 5) is 4.28. The number of hydrogen-bond donors (Lipinski definition) is 2. The molecule has 1 unspecified atom stereocenters. The first kappa shape index (κ1) is 22.9. The molecule has 1 aliphatic carbocycles. The number of guanidine groups is 1. The van der Waals surface area contributed by atoms with Crippen molar-refractivity contribution in [1.29, 1.82) is 0 Å². The van der Waals surface area contributed by atoms with Crippen LogP contribution in [0.2, 0.25) is 0 Å². The van der Waals surface area contributed by atoms with Crippen LogP contribution in [0.4, 0.5) is 0 Å². The second-order valence-corrected chi connectivity index (χ2v) is 10.5. The van der Waals surface area contributed by atoms with Gasteiger partial charge in [0.2, 0.25) is 0 Å². The Morgan fingerprint density at radius 2 is 1.92 bits per heavy atom. The van der Waals surface area contributed by atoms with E-state index < -0.39 is 10.8 Å². The van der Waals surface area contributed by atoms with Crippen LogP contribution in [0.5, 0.6) is 0 Å². The van der Waals surface area contributed by atoms with Crippen molar-refractivity contribution in [2.24, 2.45) is 4.99 Å². The highest BCUT2D eigenvalue weighted by Crippen LogP contribution is 2.49. The first-order valence-electron chi connectivity index (χ1n) is 8.36. The zero-order chi connectivity index (χ0) is 17.8. The monoisotopic (exact) mass is 541 g/mol. The minimum atomic E-state index is -0.849. The van der Waals surface area contributed by atoms with E-state index in [1.165, 1.54) is 22.9 Å². The number of rotatable bonds is 6. The molecule has 1 aromatic carbocycles. The summed E-state index contributed by atoms with van der Waals surface area (Å²) in [6.45, 7) is 7.53. The number of benzene rings is 1. The third-order valence-electron chi connectivity index (χ3n) is 4.38. The lowest BCUT2D eigenvalue weighted by molar-refractivity contribution is 0.639. The Bertz CT molecular complexity index is 627. The molecule has 0 aliphatic heterocycles. The summed E-state index contributed by atoms with van der Waals surface area (Å²) < 4.78 is 13.1. The first-order valence-corrected chi connectivity index (χ1v) is 10.5. The predicted molar refractivity (Wildman–Crippen MR) is 123 cm³/mol. The molecule has 0 aromatic heterocycles. The Morgan fingerprint density at radius 1 is 1.28 bits per heavy atom. The van der Waals surface area contributed by atoms with Gasteiger partial charge in [0, 0.05) is 51.3 Å². The van der Waals surface area contributed by atoms with Crippen LogP contribution in [-0.4, -0.2) is 40.8 Å². The molecule has 142 valence electrons. The maximum Gasteiger partial charge on any atom is 0.191 e. The molecule has 1 fully saturated rings. The normalized spacial score (nSPS) is 17.4. The van der Waals surface area contributed by atoms with Crippen molar-refractivity contribution in [3.05, 3.63) is 34.3 Å². The SMILES string of the molecule is CN=C(NCCS(=O)C(C)(C)C)NCC1(c2ccccc2Br)CC1.I. The highest BCUT2D eigenvalue weighted by Gasteiger charge is 2.45. The number of nitrogens with one attached hydrogen (secondary N) is 2. The Balaban J connectivity index is 0.00000312. The summed E-state index contributed by atoms with van der Waals surface area (Å²) in [5.41, 5.74) is 1.56. The highest BCUT2D eigenvalue weighted by molar-refractivity contribution is 14.0. The van der Waals surface area contributed by atoms with Gasteiger partial charge in [-0.15, -0.1) is 24.0 Å². The van der Waals surface area contributed by atoms with Crippen LogP contribution in [-0.2, 0) is 16.2 Å². The van der Waals surface area contributed by atoms with Crippen LogP contribution in [0, 0.1) is 0 Å². The van der Waals surface area contributed by atoms with Gasteiger partial charge in [0.25, 0.3) is 0 Å². The fourth-order valence-electron chi connectivity index (χ4n) is 2.63. The molecular formula is C18H29BrIN3OS. The molecule has 7 heteroatoms. The van der Waals surface area contributed by atoms with Crippen molar-refractivity contribution in [2.45, 2.75) is 43.8 Å². The van der Waals surface area contributed by atoms with Gasteiger partial charge in [-0.05, 0) is 45.2 Å². The summed E-state index contributed by atoms with van der Waals surface area (Å²) in [7, 11) is 0.923. The lowest BCUT2D eigenvalue weighted by Gasteiger charge is -2.21. The number of halogens is 2. The smallest absolute Gasteiger partial charge is 0.191 e. The Labute approximate surface area is 179 Å². The molecule has 2 rings (SSSR count). The molecule has 0 heterocycles. The van der Waals surface area contributed by atoms with Gasteiger partial charge in [-0.1, -0.05) is 34.1 Å². The van der Waals surface area contributed by atoms with E-state index in [1.54, 1.807) is 7.05 Å². The zero-order valence-corrected chi connectivity index (χ0v) is 20.1. The fraction of sp³-hybridized carbons (Fsp3) is 0.611. The van der Waals surface area contributed by atoms with E-state index >= 15 is 0 Å². The van der Waals surface area contributed by atoms with Crippen LogP contribution in [0.3, 0.4) is 0 Å². The molecule has 1 atom stereocenters. The number of aliphatic imine (C=N–C) groups is 1. The minimum absolute atomic E-state index is 0. The quantitative estimate of drug-likeness (QED) is 0.327. The van der Waals surface area contributed by atoms with Crippen molar-refractivity contribution in [2.75, 3.05) is 25.9 Å². The summed E-state index contributed by atoms with van der Waals surface area (Å²) in [5.74, 6) is 1.40. The van der Waals surface area contributed by atoms with E-state index in [0.29, 0.717) is 12.3 Å². The Kier molecular flexibility index (Phi) is 8.87. The maximum atomic E-state index is 12.1. The molecule has 0 bridgehead atoms. The molecule has 25 heavy (non-hydrogen) atoms. The first-order chi connectivity index (χ1) is 11.3. The topological polar surface area (TPSA) is 53.5 Å². The van der Waals surface area contributed by atoms with Gasteiger partial charge >= 0.3 is 0 Å². The average molecular weight is 542 g/mol. The zero-order valence-electron chi connectivity index (χ0n) is 15.4. The molecule has 1 saturated carbocycles. The van der Waals surface area contributed by atoms with E-state index in [1.807, 2.05) is 26.8 Å². The third-order valence-corrected chi connectivity index (χ3v) is 7.01. The lowest BCUT2D eigenvalue weighted by Crippen LogP contribution is -2.43. The van der Waals surface area contributed by atoms with Gasteiger partial charge in [-0.3, -0.25) is 9.20 Å². The van der Waals surface area contributed by atoms with E-state index in [-0.39, 0.29) is 34.1 Å². The molecule has 1 aliphatic rings. The van der Waals surface area contributed by atoms with Crippen LogP contribution in [0.15, 0.2) is 33.7 Å². The molecule has 1 aromatic rings. The third kappa shape index (κ3) is 6.50.